The number of nitrogens with two attached hydrogens (primary N) is 1. The van der Waals surface area contributed by atoms with Gasteiger partial charge in [-0.2, -0.15) is 13.2 Å². The molecule has 2 aromatic carbocycles. The van der Waals surface area contributed by atoms with Crippen LogP contribution in [0.3, 0.4) is 0 Å². The van der Waals surface area contributed by atoms with Crippen LogP contribution in [0.4, 0.5) is 13.2 Å². The van der Waals surface area contributed by atoms with Crippen molar-refractivity contribution in [1.82, 2.24) is 4.72 Å². The smallest absolute Gasteiger partial charge is 0.330 e. The van der Waals surface area contributed by atoms with E-state index in [1.807, 2.05) is 18.2 Å². The van der Waals surface area contributed by atoms with Crippen molar-refractivity contribution in [1.29, 1.82) is 0 Å². The molecule has 1 aliphatic rings. The van der Waals surface area contributed by atoms with Crippen LogP contribution in [0.25, 0.3) is 0 Å². The van der Waals surface area contributed by atoms with Gasteiger partial charge in [0.05, 0.1) is 10.5 Å². The number of halogens is 5. The molecule has 3 N–H and O–H groups in total. The summed E-state index contributed by atoms with van der Waals surface area (Å²) in [6.45, 7) is 0.379. The Morgan fingerprint density at radius 3 is 2.30 bits per heavy atom. The molecule has 0 heterocycles. The van der Waals surface area contributed by atoms with Crippen LogP contribution in [-0.4, -0.2) is 21.0 Å². The van der Waals surface area contributed by atoms with Crippen LogP contribution < -0.4 is 10.5 Å². The van der Waals surface area contributed by atoms with Crippen LogP contribution in [0.5, 0.6) is 0 Å². The minimum atomic E-state index is -4.75. The zero-order valence-corrected chi connectivity index (χ0v) is 18.3. The Balaban J connectivity index is 0.00000320. The molecule has 0 unspecified atom stereocenters. The summed E-state index contributed by atoms with van der Waals surface area (Å²) in [5.41, 5.74) is 5.55. The van der Waals surface area contributed by atoms with E-state index in [0.717, 1.165) is 17.7 Å². The zero-order valence-electron chi connectivity index (χ0n) is 16.0. The molecule has 1 aliphatic carbocycles. The van der Waals surface area contributed by atoms with Gasteiger partial charge in [-0.15, -0.1) is 12.4 Å². The van der Waals surface area contributed by atoms with E-state index in [-0.39, 0.29) is 17.8 Å². The predicted octanol–water partition coefficient (Wildman–Crippen LogP) is 4.90. The third-order valence-electron chi connectivity index (χ3n) is 5.57. The van der Waals surface area contributed by atoms with Crippen molar-refractivity contribution < 1.29 is 21.6 Å². The van der Waals surface area contributed by atoms with Gasteiger partial charge < -0.3 is 5.73 Å². The molecule has 0 spiro atoms. The first kappa shape index (κ1) is 24.9. The Bertz CT molecular complexity index is 976. The van der Waals surface area contributed by atoms with Crippen LogP contribution in [0.15, 0.2) is 53.4 Å². The SMILES string of the molecule is Cl.NC[C@]1(c2cccc(Cl)c2)CC[C@@H](NS(=O)(=O)c2ccccc2C(F)(F)F)CC1. The van der Waals surface area contributed by atoms with Gasteiger partial charge in [0.1, 0.15) is 0 Å². The van der Waals surface area contributed by atoms with Crippen LogP contribution in [0, 0.1) is 0 Å². The Morgan fingerprint density at radius 1 is 1.10 bits per heavy atom. The van der Waals surface area contributed by atoms with Crippen LogP contribution in [-0.2, 0) is 21.6 Å². The largest absolute Gasteiger partial charge is 0.417 e. The molecule has 1 saturated carbocycles. The minimum Gasteiger partial charge on any atom is -0.330 e. The van der Waals surface area contributed by atoms with E-state index in [1.54, 1.807) is 6.07 Å². The second kappa shape index (κ2) is 9.44. The molecule has 0 aromatic heterocycles. The first-order valence-corrected chi connectivity index (χ1v) is 11.1. The van der Waals surface area contributed by atoms with Crippen molar-refractivity contribution in [3.05, 3.63) is 64.7 Å². The summed E-state index contributed by atoms with van der Waals surface area (Å²) in [7, 11) is -4.31. The highest BCUT2D eigenvalue weighted by molar-refractivity contribution is 7.89. The van der Waals surface area contributed by atoms with E-state index in [2.05, 4.69) is 4.72 Å². The lowest BCUT2D eigenvalue weighted by molar-refractivity contribution is -0.139. The number of sulfonamides is 1. The van der Waals surface area contributed by atoms with Gasteiger partial charge in [0.15, 0.2) is 0 Å². The van der Waals surface area contributed by atoms with E-state index < -0.39 is 32.7 Å². The minimum absolute atomic E-state index is 0. The van der Waals surface area contributed by atoms with Gasteiger partial charge in [-0.3, -0.25) is 0 Å². The Hall–Kier alpha value is -1.32. The number of hydrogen-bond donors (Lipinski definition) is 2. The molecule has 0 radical (unpaired) electrons. The van der Waals surface area contributed by atoms with Gasteiger partial charge in [-0.25, -0.2) is 13.1 Å². The van der Waals surface area contributed by atoms with Crippen molar-refractivity contribution in [2.24, 2.45) is 5.73 Å². The molecule has 0 atom stereocenters. The Labute approximate surface area is 185 Å². The first-order valence-electron chi connectivity index (χ1n) is 9.22. The number of rotatable bonds is 5. The van der Waals surface area contributed by atoms with Gasteiger partial charge in [0, 0.05) is 23.0 Å². The maximum Gasteiger partial charge on any atom is 0.417 e. The monoisotopic (exact) mass is 482 g/mol. The molecule has 0 saturated heterocycles. The van der Waals surface area contributed by atoms with Gasteiger partial charge in [0.2, 0.25) is 10.0 Å². The summed E-state index contributed by atoms with van der Waals surface area (Å²) in [5, 5.41) is 0.599. The fraction of sp³-hybridized carbons (Fsp3) is 0.400. The lowest BCUT2D eigenvalue weighted by Gasteiger charge is -2.40. The van der Waals surface area contributed by atoms with Gasteiger partial charge >= 0.3 is 6.18 Å². The maximum absolute atomic E-state index is 13.2. The lowest BCUT2D eigenvalue weighted by Crippen LogP contribution is -2.45. The van der Waals surface area contributed by atoms with Crippen LogP contribution >= 0.6 is 24.0 Å². The van der Waals surface area contributed by atoms with Gasteiger partial charge in [-0.05, 0) is 55.5 Å². The Morgan fingerprint density at radius 2 is 1.73 bits per heavy atom. The molecule has 0 amide bonds. The highest BCUT2D eigenvalue weighted by atomic mass is 35.5. The van der Waals surface area contributed by atoms with Crippen molar-refractivity contribution in [2.45, 2.75) is 48.2 Å². The standard InChI is InChI=1S/C20H22ClF3N2O2S.ClH/c21-15-5-3-4-14(12-15)19(13-25)10-8-16(9-11-19)26-29(27,28)18-7-2-1-6-17(18)20(22,23)24;/h1-7,12,16,26H,8-11,13,25H2;1H/t16-,19+;. The fourth-order valence-corrected chi connectivity index (χ4v) is 5.66. The molecular weight excluding hydrogens is 460 g/mol. The van der Waals surface area contributed by atoms with E-state index in [4.69, 9.17) is 17.3 Å². The molecule has 2 aromatic rings. The summed E-state index contributed by atoms with van der Waals surface area (Å²) < 4.78 is 67.4. The first-order chi connectivity index (χ1) is 13.6. The van der Waals surface area contributed by atoms with Crippen LogP contribution in [0.2, 0.25) is 5.02 Å². The topological polar surface area (TPSA) is 72.2 Å². The molecule has 166 valence electrons. The third kappa shape index (κ3) is 5.29. The lowest BCUT2D eigenvalue weighted by atomic mass is 9.68. The Kier molecular flexibility index (Phi) is 7.85. The molecule has 30 heavy (non-hydrogen) atoms. The third-order valence-corrected chi connectivity index (χ3v) is 7.39. The van der Waals surface area contributed by atoms with Crippen molar-refractivity contribution in [3.63, 3.8) is 0 Å². The van der Waals surface area contributed by atoms with E-state index >= 15 is 0 Å². The van der Waals surface area contributed by atoms with E-state index in [0.29, 0.717) is 37.3 Å². The fourth-order valence-electron chi connectivity index (χ4n) is 3.94. The van der Waals surface area contributed by atoms with Crippen LogP contribution in [0.1, 0.15) is 36.8 Å². The summed E-state index contributed by atoms with van der Waals surface area (Å²) >= 11 is 6.09. The van der Waals surface area contributed by atoms with Crippen molar-refractivity contribution in [3.8, 4) is 0 Å². The van der Waals surface area contributed by atoms with E-state index in [9.17, 15) is 21.6 Å². The number of benzene rings is 2. The van der Waals surface area contributed by atoms with Crippen molar-refractivity contribution >= 4 is 34.0 Å². The average Bonchev–Trinajstić information content (AvgIpc) is 2.68. The van der Waals surface area contributed by atoms with E-state index in [1.165, 1.54) is 12.1 Å². The average molecular weight is 483 g/mol. The highest BCUT2D eigenvalue weighted by Crippen LogP contribution is 2.40. The molecule has 0 aliphatic heterocycles. The molecular formula is C20H23Cl2F3N2O2S. The number of nitrogens with one attached hydrogen (secondary N) is 1. The molecule has 4 nitrogen and oxygen atoms in total. The molecule has 3 rings (SSSR count). The molecule has 1 fully saturated rings. The number of alkyl halides is 3. The number of hydrogen-bond acceptors (Lipinski definition) is 3. The summed E-state index contributed by atoms with van der Waals surface area (Å²) in [5.74, 6) is 0. The van der Waals surface area contributed by atoms with Gasteiger partial charge in [-0.1, -0.05) is 35.9 Å². The second-order valence-corrected chi connectivity index (χ2v) is 9.50. The maximum atomic E-state index is 13.2. The zero-order chi connectivity index (χ0) is 21.3. The van der Waals surface area contributed by atoms with Crippen molar-refractivity contribution in [2.75, 3.05) is 6.54 Å². The summed E-state index contributed by atoms with van der Waals surface area (Å²) in [6.07, 6.45) is -2.59. The highest BCUT2D eigenvalue weighted by Gasteiger charge is 2.40. The summed E-state index contributed by atoms with van der Waals surface area (Å²) in [6, 6.07) is 11.2. The summed E-state index contributed by atoms with van der Waals surface area (Å²) in [4.78, 5) is -0.752. The normalized spacial score (nSPS) is 22.4. The molecule has 0 bridgehead atoms. The second-order valence-electron chi connectivity index (χ2n) is 7.38. The molecule has 10 heteroatoms. The quantitative estimate of drug-likeness (QED) is 0.636. The predicted molar refractivity (Wildman–Crippen MR) is 113 cm³/mol. The van der Waals surface area contributed by atoms with Gasteiger partial charge in [0.25, 0.3) is 0 Å².